The van der Waals surface area contributed by atoms with Crippen molar-refractivity contribution < 1.29 is 24.2 Å². The summed E-state index contributed by atoms with van der Waals surface area (Å²) in [5.41, 5.74) is 3.28. The lowest BCUT2D eigenvalue weighted by Crippen LogP contribution is -2.35. The summed E-state index contributed by atoms with van der Waals surface area (Å²) in [4.78, 5) is 46.9. The number of ether oxygens (including phenoxy) is 2. The number of aryl methyl sites for hydroxylation is 1. The zero-order valence-electron chi connectivity index (χ0n) is 23.6. The molecular formula is C29H31N7O6. The summed E-state index contributed by atoms with van der Waals surface area (Å²) in [6, 6.07) is 9.16. The summed E-state index contributed by atoms with van der Waals surface area (Å²) in [5.74, 6) is -1.56. The molecule has 2 aromatic heterocycles. The molecule has 218 valence electrons. The number of imidazole rings is 1. The number of esters is 1. The van der Waals surface area contributed by atoms with E-state index in [4.69, 9.17) is 9.47 Å². The minimum atomic E-state index is -0.872. The van der Waals surface area contributed by atoms with Crippen molar-refractivity contribution in [2.24, 2.45) is 7.05 Å². The lowest BCUT2D eigenvalue weighted by molar-refractivity contribution is 0.0342. The molecule has 2 aliphatic rings. The van der Waals surface area contributed by atoms with Crippen molar-refractivity contribution in [1.29, 1.82) is 0 Å². The van der Waals surface area contributed by atoms with E-state index in [0.717, 1.165) is 53.1 Å². The minimum Gasteiger partial charge on any atom is -0.507 e. The third-order valence-electron chi connectivity index (χ3n) is 7.67. The van der Waals surface area contributed by atoms with E-state index in [0.29, 0.717) is 18.7 Å². The van der Waals surface area contributed by atoms with Crippen LogP contribution in [0.2, 0.25) is 0 Å². The number of fused-ring (bicyclic) bond motifs is 2. The molecule has 0 radical (unpaired) electrons. The van der Waals surface area contributed by atoms with Gasteiger partial charge in [-0.05, 0) is 34.2 Å². The number of hydrogen-bond donors (Lipinski definition) is 1. The van der Waals surface area contributed by atoms with Gasteiger partial charge in [-0.2, -0.15) is 4.68 Å². The van der Waals surface area contributed by atoms with Crippen molar-refractivity contribution in [2.75, 3.05) is 26.3 Å². The third kappa shape index (κ3) is 5.12. The van der Waals surface area contributed by atoms with Gasteiger partial charge < -0.3 is 19.5 Å². The van der Waals surface area contributed by atoms with Crippen LogP contribution in [0.15, 0.2) is 41.5 Å². The molecule has 1 N–H and O–H groups in total. The number of aromatic hydroxyl groups is 1. The molecular weight excluding hydrogens is 542 g/mol. The van der Waals surface area contributed by atoms with Gasteiger partial charge >= 0.3 is 11.7 Å². The number of benzene rings is 2. The Labute approximate surface area is 240 Å². The van der Waals surface area contributed by atoms with Crippen molar-refractivity contribution in [1.82, 2.24) is 34.2 Å². The van der Waals surface area contributed by atoms with Crippen molar-refractivity contribution in [3.8, 4) is 11.5 Å². The second kappa shape index (κ2) is 11.0. The normalized spacial score (nSPS) is 15.4. The number of phenols is 1. The van der Waals surface area contributed by atoms with E-state index >= 15 is 0 Å². The first kappa shape index (κ1) is 27.5. The van der Waals surface area contributed by atoms with Crippen molar-refractivity contribution in [3.63, 3.8) is 0 Å². The molecule has 1 fully saturated rings. The summed E-state index contributed by atoms with van der Waals surface area (Å²) in [5, 5.41) is 18.5. The first-order valence-electron chi connectivity index (χ1n) is 13.8. The van der Waals surface area contributed by atoms with Crippen molar-refractivity contribution >= 4 is 17.5 Å². The average molecular weight is 574 g/mol. The van der Waals surface area contributed by atoms with E-state index in [1.807, 2.05) is 13.8 Å². The van der Waals surface area contributed by atoms with Crippen LogP contribution < -0.4 is 10.4 Å². The molecule has 0 aliphatic carbocycles. The molecule has 4 aromatic rings. The highest BCUT2D eigenvalue weighted by atomic mass is 16.5. The molecule has 0 atom stereocenters. The van der Waals surface area contributed by atoms with Crippen LogP contribution in [-0.2, 0) is 31.4 Å². The van der Waals surface area contributed by atoms with Gasteiger partial charge in [0.15, 0.2) is 11.3 Å². The highest BCUT2D eigenvalue weighted by Crippen LogP contribution is 2.36. The maximum Gasteiger partial charge on any atom is 0.366 e. The number of rotatable bonds is 6. The summed E-state index contributed by atoms with van der Waals surface area (Å²) in [6.07, 6.45) is 1.17. The van der Waals surface area contributed by atoms with Gasteiger partial charge in [-0.15, -0.1) is 5.10 Å². The highest BCUT2D eigenvalue weighted by molar-refractivity contribution is 5.98. The van der Waals surface area contributed by atoms with Gasteiger partial charge in [-0.25, -0.2) is 19.0 Å². The van der Waals surface area contributed by atoms with Crippen LogP contribution in [0.5, 0.6) is 11.5 Å². The zero-order valence-corrected chi connectivity index (χ0v) is 23.6. The Balaban J connectivity index is 1.21. The second-order valence-electron chi connectivity index (χ2n) is 10.9. The lowest BCUT2D eigenvalue weighted by atomic mass is 9.98. The predicted molar refractivity (Wildman–Crippen MR) is 149 cm³/mol. The van der Waals surface area contributed by atoms with Crippen LogP contribution in [-0.4, -0.2) is 77.5 Å². The third-order valence-corrected chi connectivity index (χ3v) is 7.67. The van der Waals surface area contributed by atoms with Crippen molar-refractivity contribution in [3.05, 3.63) is 80.7 Å². The first-order chi connectivity index (χ1) is 20.2. The van der Waals surface area contributed by atoms with Gasteiger partial charge in [0.1, 0.15) is 17.8 Å². The van der Waals surface area contributed by atoms with Gasteiger partial charge in [-0.3, -0.25) is 9.69 Å². The standard InChI is InChI=1S/C29H31N7O6/c1-17(2)21-11-22(23(37)12-24(21)42-28(39)25-26-31-32-33(3)29(40)36(26)16-30-25)27(38)35-14-19-5-4-18(10-20(19)15-35)13-34-6-8-41-9-7-34/h4-5,10-12,16-17,37H,6-9,13-15H2,1-3H3. The molecule has 2 aromatic carbocycles. The number of aromatic nitrogens is 5. The second-order valence-corrected chi connectivity index (χ2v) is 10.9. The molecule has 1 saturated heterocycles. The monoisotopic (exact) mass is 573 g/mol. The molecule has 13 heteroatoms. The Morgan fingerprint density at radius 1 is 1.10 bits per heavy atom. The van der Waals surface area contributed by atoms with E-state index in [9.17, 15) is 19.5 Å². The molecule has 1 amide bonds. The van der Waals surface area contributed by atoms with Crippen LogP contribution in [0.3, 0.4) is 0 Å². The largest absolute Gasteiger partial charge is 0.507 e. The number of morpholine rings is 1. The smallest absolute Gasteiger partial charge is 0.366 e. The SMILES string of the molecule is CC(C)c1cc(C(=O)N2Cc3ccc(CN4CCOCC4)cc3C2)c(O)cc1OC(=O)c1ncn2c(=O)n(C)nnc12. The average Bonchev–Trinajstić information content (AvgIpc) is 3.60. The van der Waals surface area contributed by atoms with Crippen LogP contribution in [0.1, 0.15) is 62.9 Å². The Kier molecular flexibility index (Phi) is 7.21. The topological polar surface area (TPSA) is 144 Å². The van der Waals surface area contributed by atoms with Crippen LogP contribution in [0.25, 0.3) is 5.65 Å². The molecule has 0 saturated carbocycles. The number of carbonyl (C=O) groups excluding carboxylic acids is 2. The van der Waals surface area contributed by atoms with Gasteiger partial charge in [0.2, 0.25) is 0 Å². The van der Waals surface area contributed by atoms with E-state index in [1.54, 1.807) is 11.0 Å². The zero-order chi connectivity index (χ0) is 29.5. The fraction of sp³-hybridized carbons (Fsp3) is 0.379. The predicted octanol–water partition coefficient (Wildman–Crippen LogP) is 1.86. The molecule has 13 nitrogen and oxygen atoms in total. The minimum absolute atomic E-state index is 0.0491. The van der Waals surface area contributed by atoms with E-state index < -0.39 is 11.7 Å². The Hall–Kier alpha value is -4.62. The van der Waals surface area contributed by atoms with E-state index in [-0.39, 0.29) is 40.2 Å². The Morgan fingerprint density at radius 3 is 2.62 bits per heavy atom. The Bertz CT molecular complexity index is 1760. The number of carbonyl (C=O) groups is 2. The lowest BCUT2D eigenvalue weighted by Gasteiger charge is -2.26. The quantitative estimate of drug-likeness (QED) is 0.268. The molecule has 42 heavy (non-hydrogen) atoms. The van der Waals surface area contributed by atoms with Crippen LogP contribution in [0.4, 0.5) is 0 Å². The van der Waals surface area contributed by atoms with Gasteiger partial charge in [0, 0.05) is 45.8 Å². The summed E-state index contributed by atoms with van der Waals surface area (Å²) in [6.45, 7) is 8.77. The number of nitrogens with zero attached hydrogens (tertiary/aromatic N) is 7. The first-order valence-corrected chi connectivity index (χ1v) is 13.8. The molecule has 6 rings (SSSR count). The number of hydrogen-bond acceptors (Lipinski definition) is 10. The molecule has 0 bridgehead atoms. The van der Waals surface area contributed by atoms with Gasteiger partial charge in [0.05, 0.1) is 18.8 Å². The van der Waals surface area contributed by atoms with Crippen molar-refractivity contribution in [2.45, 2.75) is 39.4 Å². The number of phenolic OH excluding ortho intramolecular Hbond substituents is 1. The summed E-state index contributed by atoms with van der Waals surface area (Å²) >= 11 is 0. The maximum atomic E-state index is 13.6. The summed E-state index contributed by atoms with van der Waals surface area (Å²) in [7, 11) is 1.43. The highest BCUT2D eigenvalue weighted by Gasteiger charge is 2.29. The van der Waals surface area contributed by atoms with E-state index in [1.165, 1.54) is 25.0 Å². The van der Waals surface area contributed by atoms with Crippen LogP contribution >= 0.6 is 0 Å². The fourth-order valence-corrected chi connectivity index (χ4v) is 5.35. The number of amides is 1. The molecule has 2 aliphatic heterocycles. The molecule has 4 heterocycles. The fourth-order valence-electron chi connectivity index (χ4n) is 5.35. The van der Waals surface area contributed by atoms with E-state index in [2.05, 4.69) is 38.4 Å². The molecule has 0 spiro atoms. The van der Waals surface area contributed by atoms with Gasteiger partial charge in [0.25, 0.3) is 5.91 Å². The maximum absolute atomic E-state index is 13.6. The van der Waals surface area contributed by atoms with Crippen LogP contribution in [0, 0.1) is 0 Å². The van der Waals surface area contributed by atoms with Gasteiger partial charge in [-0.1, -0.05) is 37.3 Å². The summed E-state index contributed by atoms with van der Waals surface area (Å²) < 4.78 is 13.2. The molecule has 0 unspecified atom stereocenters. The Morgan fingerprint density at radius 2 is 1.86 bits per heavy atom.